The quantitative estimate of drug-likeness (QED) is 0.483. The molecule has 0 N–H and O–H groups in total. The molecule has 0 saturated heterocycles. The summed E-state index contributed by atoms with van der Waals surface area (Å²) in [5.41, 5.74) is 3.47. The van der Waals surface area contributed by atoms with E-state index in [1.165, 1.54) is 16.7 Å². The lowest BCUT2D eigenvalue weighted by molar-refractivity contribution is -0.128. The number of hydrogen-bond donors (Lipinski definition) is 0. The molecule has 0 spiro atoms. The summed E-state index contributed by atoms with van der Waals surface area (Å²) in [6, 6.07) is 19.8. The van der Waals surface area contributed by atoms with Gasteiger partial charge in [-0.3, -0.25) is 4.79 Å². The molecule has 2 aliphatic carbocycles. The SMILES string of the molecule is CCCC1CCC(C2(C#N)CCC(c3ccc(-c4ccc(OC)cc4)cc3)CC2)CC1=O. The van der Waals surface area contributed by atoms with Crippen molar-refractivity contribution in [1.82, 2.24) is 0 Å². The maximum absolute atomic E-state index is 12.6. The summed E-state index contributed by atoms with van der Waals surface area (Å²) in [5, 5.41) is 10.1. The molecule has 0 amide bonds. The van der Waals surface area contributed by atoms with Gasteiger partial charge in [0.1, 0.15) is 11.5 Å². The van der Waals surface area contributed by atoms with Crippen LogP contribution in [0.25, 0.3) is 11.1 Å². The van der Waals surface area contributed by atoms with Crippen LogP contribution in [0.5, 0.6) is 5.75 Å². The molecular formula is C29H35NO2. The second kappa shape index (κ2) is 9.90. The Morgan fingerprint density at radius 3 is 2.12 bits per heavy atom. The molecular weight excluding hydrogens is 394 g/mol. The Morgan fingerprint density at radius 2 is 1.59 bits per heavy atom. The van der Waals surface area contributed by atoms with Gasteiger partial charge in [0.05, 0.1) is 18.6 Å². The molecule has 0 aromatic heterocycles. The van der Waals surface area contributed by atoms with Crippen LogP contribution in [0.1, 0.15) is 76.2 Å². The molecule has 2 saturated carbocycles. The van der Waals surface area contributed by atoms with Crippen LogP contribution in [0.4, 0.5) is 0 Å². The van der Waals surface area contributed by atoms with Crippen molar-refractivity contribution in [2.75, 3.05) is 7.11 Å². The van der Waals surface area contributed by atoms with E-state index in [2.05, 4.69) is 49.4 Å². The van der Waals surface area contributed by atoms with E-state index >= 15 is 0 Å². The fourth-order valence-electron chi connectivity index (χ4n) is 6.01. The number of nitriles is 1. The van der Waals surface area contributed by atoms with Crippen LogP contribution < -0.4 is 4.74 Å². The van der Waals surface area contributed by atoms with Crippen molar-refractivity contribution in [2.45, 2.75) is 70.6 Å². The van der Waals surface area contributed by atoms with Crippen LogP contribution in [0, 0.1) is 28.6 Å². The molecule has 2 aliphatic rings. The van der Waals surface area contributed by atoms with Gasteiger partial charge >= 0.3 is 0 Å². The van der Waals surface area contributed by atoms with Gasteiger partial charge < -0.3 is 4.74 Å². The highest BCUT2D eigenvalue weighted by Gasteiger charge is 2.45. The molecule has 0 aliphatic heterocycles. The Bertz CT molecular complexity index is 946. The number of carbonyl (C=O) groups is 1. The minimum atomic E-state index is -0.299. The molecule has 3 nitrogen and oxygen atoms in total. The number of hydrogen-bond acceptors (Lipinski definition) is 3. The highest BCUT2D eigenvalue weighted by Crippen LogP contribution is 2.51. The number of carbonyl (C=O) groups excluding carboxylic acids is 1. The van der Waals surface area contributed by atoms with Crippen molar-refractivity contribution in [3.8, 4) is 22.9 Å². The Hall–Kier alpha value is -2.60. The first kappa shape index (κ1) is 22.6. The second-order valence-corrected chi connectivity index (χ2v) is 9.82. The lowest BCUT2D eigenvalue weighted by atomic mass is 9.59. The van der Waals surface area contributed by atoms with Gasteiger partial charge in [0, 0.05) is 12.3 Å². The molecule has 4 rings (SSSR count). The standard InChI is InChI=1S/C29H35NO2/c1-3-4-25-9-12-26(19-28(25)31)29(20-30)17-15-24(16-18-29)22-7-5-21(6-8-22)23-10-13-27(32-2)14-11-23/h5-8,10-11,13-14,24-26H,3-4,9,12,15-19H2,1-2H3. The molecule has 2 atom stereocenters. The zero-order valence-electron chi connectivity index (χ0n) is 19.5. The van der Waals surface area contributed by atoms with E-state index in [0.717, 1.165) is 57.1 Å². The average Bonchev–Trinajstić information content (AvgIpc) is 2.85. The predicted octanol–water partition coefficient (Wildman–Crippen LogP) is 7.32. The third-order valence-electron chi connectivity index (χ3n) is 8.09. The van der Waals surface area contributed by atoms with Crippen LogP contribution in [0.2, 0.25) is 0 Å². The van der Waals surface area contributed by atoms with Gasteiger partial charge in [-0.15, -0.1) is 0 Å². The van der Waals surface area contributed by atoms with E-state index < -0.39 is 0 Å². The fraction of sp³-hybridized carbons (Fsp3) is 0.517. The monoisotopic (exact) mass is 429 g/mol. The molecule has 32 heavy (non-hydrogen) atoms. The molecule has 3 heteroatoms. The van der Waals surface area contributed by atoms with Gasteiger partial charge in [-0.25, -0.2) is 0 Å². The maximum atomic E-state index is 12.6. The molecule has 0 radical (unpaired) electrons. The number of ketones is 1. The van der Waals surface area contributed by atoms with Gasteiger partial charge in [-0.2, -0.15) is 5.26 Å². The van der Waals surface area contributed by atoms with Crippen molar-refractivity contribution in [3.05, 3.63) is 54.1 Å². The fourth-order valence-corrected chi connectivity index (χ4v) is 6.01. The Balaban J connectivity index is 1.39. The van der Waals surface area contributed by atoms with Crippen LogP contribution in [0.3, 0.4) is 0 Å². The first-order valence-electron chi connectivity index (χ1n) is 12.3. The number of rotatable bonds is 6. The normalized spacial score (nSPS) is 28.2. The van der Waals surface area contributed by atoms with E-state index in [4.69, 9.17) is 4.74 Å². The van der Waals surface area contributed by atoms with Gasteiger partial charge in [-0.1, -0.05) is 49.7 Å². The Morgan fingerprint density at radius 1 is 0.969 bits per heavy atom. The van der Waals surface area contributed by atoms with Gasteiger partial charge in [-0.05, 0) is 85.6 Å². The second-order valence-electron chi connectivity index (χ2n) is 9.82. The zero-order valence-corrected chi connectivity index (χ0v) is 19.5. The van der Waals surface area contributed by atoms with Crippen LogP contribution in [-0.4, -0.2) is 12.9 Å². The number of Topliss-reactive ketones (excluding diaryl/α,β-unsaturated/α-hetero) is 1. The topological polar surface area (TPSA) is 50.1 Å². The molecule has 0 heterocycles. The minimum Gasteiger partial charge on any atom is -0.497 e. The highest BCUT2D eigenvalue weighted by atomic mass is 16.5. The van der Waals surface area contributed by atoms with E-state index in [-0.39, 0.29) is 17.3 Å². The summed E-state index contributed by atoms with van der Waals surface area (Å²) in [6.07, 6.45) is 8.66. The third kappa shape index (κ3) is 4.60. The first-order chi connectivity index (χ1) is 15.6. The summed E-state index contributed by atoms with van der Waals surface area (Å²) in [5.74, 6) is 2.29. The van der Waals surface area contributed by atoms with Crippen molar-refractivity contribution >= 4 is 5.78 Å². The van der Waals surface area contributed by atoms with Crippen LogP contribution in [0.15, 0.2) is 48.5 Å². The van der Waals surface area contributed by atoms with Crippen molar-refractivity contribution in [3.63, 3.8) is 0 Å². The summed E-state index contributed by atoms with van der Waals surface area (Å²) < 4.78 is 5.25. The Labute approximate surface area is 192 Å². The van der Waals surface area contributed by atoms with Crippen LogP contribution >= 0.6 is 0 Å². The lowest BCUT2D eigenvalue weighted by Crippen LogP contribution is -2.38. The highest BCUT2D eigenvalue weighted by molar-refractivity contribution is 5.82. The van der Waals surface area contributed by atoms with E-state index in [1.807, 2.05) is 12.1 Å². The molecule has 2 aromatic carbocycles. The maximum Gasteiger partial charge on any atom is 0.136 e. The number of benzene rings is 2. The minimum absolute atomic E-state index is 0.243. The van der Waals surface area contributed by atoms with Crippen LogP contribution in [-0.2, 0) is 4.79 Å². The van der Waals surface area contributed by atoms with Crippen molar-refractivity contribution in [2.24, 2.45) is 17.3 Å². The van der Waals surface area contributed by atoms with Gasteiger partial charge in [0.2, 0.25) is 0 Å². The van der Waals surface area contributed by atoms with E-state index in [0.29, 0.717) is 18.1 Å². The number of nitrogens with zero attached hydrogens (tertiary/aromatic N) is 1. The van der Waals surface area contributed by atoms with Gasteiger partial charge in [0.25, 0.3) is 0 Å². The van der Waals surface area contributed by atoms with E-state index in [1.54, 1.807) is 7.11 Å². The van der Waals surface area contributed by atoms with E-state index in [9.17, 15) is 10.1 Å². The molecule has 2 unspecified atom stereocenters. The summed E-state index contributed by atoms with van der Waals surface area (Å²) in [7, 11) is 1.68. The summed E-state index contributed by atoms with van der Waals surface area (Å²) in [6.45, 7) is 2.15. The predicted molar refractivity (Wildman–Crippen MR) is 128 cm³/mol. The largest absolute Gasteiger partial charge is 0.497 e. The number of methoxy groups -OCH3 is 1. The third-order valence-corrected chi connectivity index (χ3v) is 8.09. The zero-order chi connectivity index (χ0) is 22.6. The smallest absolute Gasteiger partial charge is 0.136 e. The lowest BCUT2D eigenvalue weighted by Gasteiger charge is -2.43. The molecule has 2 aromatic rings. The van der Waals surface area contributed by atoms with Gasteiger partial charge in [0.15, 0.2) is 0 Å². The average molecular weight is 430 g/mol. The number of ether oxygens (including phenoxy) is 1. The summed E-state index contributed by atoms with van der Waals surface area (Å²) >= 11 is 0. The Kier molecular flexibility index (Phi) is 6.99. The summed E-state index contributed by atoms with van der Waals surface area (Å²) in [4.78, 5) is 12.6. The molecule has 2 fully saturated rings. The first-order valence-corrected chi connectivity index (χ1v) is 12.3. The van der Waals surface area contributed by atoms with Crippen molar-refractivity contribution < 1.29 is 9.53 Å². The molecule has 0 bridgehead atoms. The van der Waals surface area contributed by atoms with Crippen molar-refractivity contribution in [1.29, 1.82) is 5.26 Å². The molecule has 168 valence electrons.